The zero-order chi connectivity index (χ0) is 21.7. The van der Waals surface area contributed by atoms with Gasteiger partial charge in [-0.05, 0) is 41.7 Å². The van der Waals surface area contributed by atoms with Gasteiger partial charge in [-0.15, -0.1) is 0 Å². The van der Waals surface area contributed by atoms with Gasteiger partial charge in [-0.3, -0.25) is 4.79 Å². The van der Waals surface area contributed by atoms with E-state index in [0.717, 1.165) is 5.56 Å². The van der Waals surface area contributed by atoms with Crippen molar-refractivity contribution in [1.82, 2.24) is 4.31 Å². The summed E-state index contributed by atoms with van der Waals surface area (Å²) in [6, 6.07) is 13.8. The number of esters is 1. The van der Waals surface area contributed by atoms with Crippen LogP contribution in [0.25, 0.3) is 5.70 Å². The van der Waals surface area contributed by atoms with Crippen molar-refractivity contribution in [3.05, 3.63) is 71.3 Å². The highest BCUT2D eigenvalue weighted by Gasteiger charge is 2.50. The molecule has 4 rings (SSSR count). The lowest BCUT2D eigenvalue weighted by molar-refractivity contribution is -0.147. The highest BCUT2D eigenvalue weighted by atomic mass is 32.2. The normalized spacial score (nSPS) is 21.9. The Morgan fingerprint density at radius 1 is 1.13 bits per heavy atom. The molecular formula is C23H25NO5S. The summed E-state index contributed by atoms with van der Waals surface area (Å²) in [6.45, 7) is 8.21. The van der Waals surface area contributed by atoms with Gasteiger partial charge in [0.2, 0.25) is 0 Å². The SMILES string of the molecule is CCOC(=O)[C@@H]1C=C2c3cc(C(C)(C)C)ccc3OS(=O)(=O)N2[C@H]1c1ccccc1. The van der Waals surface area contributed by atoms with Gasteiger partial charge in [0.15, 0.2) is 5.75 Å². The minimum absolute atomic E-state index is 0.130. The number of ether oxygens (including phenoxy) is 1. The fourth-order valence-electron chi connectivity index (χ4n) is 3.95. The number of hydrogen-bond acceptors (Lipinski definition) is 5. The molecule has 0 N–H and O–H groups in total. The van der Waals surface area contributed by atoms with Crippen LogP contribution in [-0.4, -0.2) is 25.3 Å². The van der Waals surface area contributed by atoms with E-state index in [1.165, 1.54) is 4.31 Å². The van der Waals surface area contributed by atoms with Crippen LogP contribution in [0.4, 0.5) is 0 Å². The Morgan fingerprint density at radius 2 is 1.83 bits per heavy atom. The van der Waals surface area contributed by atoms with Crippen LogP contribution in [-0.2, 0) is 25.3 Å². The van der Waals surface area contributed by atoms with Crippen LogP contribution in [0.3, 0.4) is 0 Å². The smallest absolute Gasteiger partial charge is 0.410 e. The summed E-state index contributed by atoms with van der Waals surface area (Å²) in [5.74, 6) is -0.969. The number of carbonyl (C=O) groups excluding carboxylic acids is 1. The lowest BCUT2D eigenvalue weighted by Gasteiger charge is -2.34. The van der Waals surface area contributed by atoms with E-state index in [2.05, 4.69) is 20.8 Å². The zero-order valence-corrected chi connectivity index (χ0v) is 18.3. The minimum atomic E-state index is -4.14. The van der Waals surface area contributed by atoms with Crippen molar-refractivity contribution >= 4 is 22.0 Å². The summed E-state index contributed by atoms with van der Waals surface area (Å²) in [4.78, 5) is 12.8. The first-order valence-electron chi connectivity index (χ1n) is 9.95. The Bertz CT molecular complexity index is 1120. The summed E-state index contributed by atoms with van der Waals surface area (Å²) in [5, 5.41) is 0. The average Bonchev–Trinajstić information content (AvgIpc) is 3.10. The van der Waals surface area contributed by atoms with Crippen molar-refractivity contribution in [3.63, 3.8) is 0 Å². The molecular weight excluding hydrogens is 402 g/mol. The molecule has 30 heavy (non-hydrogen) atoms. The molecule has 0 amide bonds. The number of fused-ring (bicyclic) bond motifs is 3. The first kappa shape index (κ1) is 20.5. The summed E-state index contributed by atoms with van der Waals surface area (Å²) in [5.41, 5.74) is 2.72. The van der Waals surface area contributed by atoms with Crippen molar-refractivity contribution in [1.29, 1.82) is 0 Å². The second-order valence-electron chi connectivity index (χ2n) is 8.48. The predicted molar refractivity (Wildman–Crippen MR) is 114 cm³/mol. The van der Waals surface area contributed by atoms with Crippen molar-refractivity contribution < 1.29 is 22.1 Å². The van der Waals surface area contributed by atoms with Gasteiger partial charge in [0, 0.05) is 5.56 Å². The molecule has 0 radical (unpaired) electrons. The van der Waals surface area contributed by atoms with E-state index in [1.54, 1.807) is 19.1 Å². The summed E-state index contributed by atoms with van der Waals surface area (Å²) in [7, 11) is -4.14. The maximum atomic E-state index is 13.1. The molecule has 2 atom stereocenters. The Morgan fingerprint density at radius 3 is 2.47 bits per heavy atom. The molecule has 0 spiro atoms. The monoisotopic (exact) mass is 427 g/mol. The largest absolute Gasteiger partial charge is 0.465 e. The van der Waals surface area contributed by atoms with E-state index in [4.69, 9.17) is 8.92 Å². The quantitative estimate of drug-likeness (QED) is 0.687. The highest BCUT2D eigenvalue weighted by molar-refractivity contribution is 7.85. The molecule has 2 aliphatic rings. The topological polar surface area (TPSA) is 72.9 Å². The predicted octanol–water partition coefficient (Wildman–Crippen LogP) is 4.20. The van der Waals surface area contributed by atoms with Gasteiger partial charge in [-0.25, -0.2) is 4.31 Å². The molecule has 2 aromatic carbocycles. The lowest BCUT2D eigenvalue weighted by Crippen LogP contribution is -2.39. The average molecular weight is 428 g/mol. The van der Waals surface area contributed by atoms with Crippen molar-refractivity contribution in [2.75, 3.05) is 6.61 Å². The molecule has 7 heteroatoms. The third-order valence-corrected chi connectivity index (χ3v) is 6.72. The van der Waals surface area contributed by atoms with Gasteiger partial charge in [-0.2, -0.15) is 8.42 Å². The molecule has 0 unspecified atom stereocenters. The molecule has 2 aromatic rings. The molecule has 0 saturated heterocycles. The number of benzene rings is 2. The number of rotatable bonds is 3. The third kappa shape index (κ3) is 3.37. The minimum Gasteiger partial charge on any atom is -0.465 e. The van der Waals surface area contributed by atoms with Crippen molar-refractivity contribution in [3.8, 4) is 5.75 Å². The first-order chi connectivity index (χ1) is 14.1. The second kappa shape index (κ2) is 7.16. The fourth-order valence-corrected chi connectivity index (χ4v) is 5.33. The van der Waals surface area contributed by atoms with E-state index in [9.17, 15) is 13.2 Å². The highest BCUT2D eigenvalue weighted by Crippen LogP contribution is 2.51. The van der Waals surface area contributed by atoms with Crippen LogP contribution in [0.5, 0.6) is 5.75 Å². The van der Waals surface area contributed by atoms with Gasteiger partial charge in [0.05, 0.1) is 18.3 Å². The zero-order valence-electron chi connectivity index (χ0n) is 17.5. The molecule has 2 heterocycles. The van der Waals surface area contributed by atoms with Crippen molar-refractivity contribution in [2.24, 2.45) is 5.92 Å². The standard InChI is InChI=1S/C23H25NO5S/c1-5-28-22(25)18-14-19-17-13-16(23(2,3)4)11-12-20(17)29-30(26,27)24(19)21(18)15-9-7-6-8-10-15/h6-14,18,21H,5H2,1-4H3/t18-,21+/m1/s1. The van der Waals surface area contributed by atoms with Gasteiger partial charge >= 0.3 is 16.3 Å². The van der Waals surface area contributed by atoms with E-state index >= 15 is 0 Å². The summed E-state index contributed by atoms with van der Waals surface area (Å²) >= 11 is 0. The van der Waals surface area contributed by atoms with Gasteiger partial charge in [0.1, 0.15) is 5.92 Å². The Hall–Kier alpha value is -2.80. The van der Waals surface area contributed by atoms with Crippen LogP contribution in [0.15, 0.2) is 54.6 Å². The van der Waals surface area contributed by atoms with Crippen LogP contribution in [0.2, 0.25) is 0 Å². The first-order valence-corrected chi connectivity index (χ1v) is 11.3. The molecule has 0 saturated carbocycles. The molecule has 0 fully saturated rings. The lowest BCUT2D eigenvalue weighted by atomic mass is 9.85. The van der Waals surface area contributed by atoms with Gasteiger partial charge < -0.3 is 8.92 Å². The van der Waals surface area contributed by atoms with E-state index in [1.807, 2.05) is 42.5 Å². The summed E-state index contributed by atoms with van der Waals surface area (Å²) in [6.07, 6.45) is 1.70. The molecule has 2 aliphatic heterocycles. The fraction of sp³-hybridized carbons (Fsp3) is 0.348. The number of hydrogen-bond donors (Lipinski definition) is 0. The molecule has 0 aliphatic carbocycles. The summed E-state index contributed by atoms with van der Waals surface area (Å²) < 4.78 is 38.2. The van der Waals surface area contributed by atoms with E-state index in [0.29, 0.717) is 16.8 Å². The molecule has 158 valence electrons. The Kier molecular flexibility index (Phi) is 4.89. The van der Waals surface area contributed by atoms with Crippen LogP contribution < -0.4 is 4.18 Å². The Balaban J connectivity index is 1.92. The van der Waals surface area contributed by atoms with Crippen molar-refractivity contribution in [2.45, 2.75) is 39.2 Å². The number of carbonyl (C=O) groups is 1. The van der Waals surface area contributed by atoms with Gasteiger partial charge in [-0.1, -0.05) is 57.2 Å². The maximum Gasteiger partial charge on any atom is 0.410 e. The van der Waals surface area contributed by atoms with E-state index in [-0.39, 0.29) is 17.8 Å². The molecule has 6 nitrogen and oxygen atoms in total. The van der Waals surface area contributed by atoms with E-state index < -0.39 is 28.2 Å². The van der Waals surface area contributed by atoms with Crippen LogP contribution >= 0.6 is 0 Å². The second-order valence-corrected chi connectivity index (χ2v) is 9.90. The Labute approximate surface area is 177 Å². The van der Waals surface area contributed by atoms with Gasteiger partial charge in [0.25, 0.3) is 0 Å². The maximum absolute atomic E-state index is 13.1. The number of nitrogens with zero attached hydrogens (tertiary/aromatic N) is 1. The molecule has 0 aromatic heterocycles. The molecule has 0 bridgehead atoms. The van der Waals surface area contributed by atoms with Crippen LogP contribution in [0.1, 0.15) is 50.4 Å². The third-order valence-electron chi connectivity index (χ3n) is 5.43. The van der Waals surface area contributed by atoms with Crippen LogP contribution in [0, 0.1) is 5.92 Å².